The van der Waals surface area contributed by atoms with Crippen molar-refractivity contribution >= 4 is 19.6 Å². The number of aliphatic hydroxyl groups excluding tert-OH is 3. The monoisotopic (exact) mass is 750 g/mol. The van der Waals surface area contributed by atoms with E-state index in [4.69, 9.17) is 23.5 Å². The van der Waals surface area contributed by atoms with Gasteiger partial charge in [-0.05, 0) is 38.5 Å². The Hall–Kier alpha value is -2.81. The van der Waals surface area contributed by atoms with Crippen molar-refractivity contribution in [3.63, 3.8) is 0 Å². The summed E-state index contributed by atoms with van der Waals surface area (Å²) in [5.74, 6) is -1.21. The number of hydrogen-bond acceptors (Lipinski definition) is 14. The summed E-state index contributed by atoms with van der Waals surface area (Å²) in [5, 5.41) is 35.2. The van der Waals surface area contributed by atoms with Gasteiger partial charge >= 0.3 is 13.5 Å². The highest BCUT2D eigenvalue weighted by Crippen LogP contribution is 2.50. The van der Waals surface area contributed by atoms with Crippen LogP contribution in [0.1, 0.15) is 58.1 Å². The van der Waals surface area contributed by atoms with Crippen LogP contribution in [0.5, 0.6) is 0 Å². The topological polar surface area (TPSA) is 266 Å². The molecule has 20 heteroatoms. The van der Waals surface area contributed by atoms with E-state index in [9.17, 15) is 44.0 Å². The number of methoxy groups -OCH3 is 1. The quantitative estimate of drug-likeness (QED) is 0.0460. The lowest BCUT2D eigenvalue weighted by atomic mass is 9.95. The summed E-state index contributed by atoms with van der Waals surface area (Å²) in [5.41, 5.74) is -1.29. The number of aromatic amines is 1. The fraction of sp³-hybridized carbons (Fsp3) is 0.742. The Bertz CT molecular complexity index is 1440. The Labute approximate surface area is 294 Å². The average Bonchev–Trinajstić information content (AvgIpc) is 3.40. The number of nitrogens with one attached hydrogen (secondary N) is 3. The van der Waals surface area contributed by atoms with E-state index in [1.807, 2.05) is 12.2 Å². The molecule has 7 N–H and O–H groups in total. The van der Waals surface area contributed by atoms with Crippen LogP contribution in [0, 0.1) is 5.92 Å². The molecule has 0 aromatic carbocycles. The third kappa shape index (κ3) is 13.0. The maximum atomic E-state index is 12.6. The van der Waals surface area contributed by atoms with Gasteiger partial charge in [0.05, 0.1) is 13.2 Å². The molecule has 2 saturated heterocycles. The van der Waals surface area contributed by atoms with Crippen LogP contribution in [0.25, 0.3) is 0 Å². The second-order valence-corrected chi connectivity index (χ2v) is 13.7. The van der Waals surface area contributed by atoms with Crippen LogP contribution >= 0.6 is 7.82 Å². The second kappa shape index (κ2) is 21.0. The third-order valence-electron chi connectivity index (χ3n) is 8.44. The molecule has 0 aliphatic carbocycles. The fourth-order valence-electron chi connectivity index (χ4n) is 5.86. The zero-order valence-electron chi connectivity index (χ0n) is 29.0. The molecule has 19 nitrogen and oxygen atoms in total. The summed E-state index contributed by atoms with van der Waals surface area (Å²) in [6.45, 7) is 1.33. The van der Waals surface area contributed by atoms with Gasteiger partial charge < -0.3 is 49.8 Å². The predicted octanol–water partition coefficient (Wildman–Crippen LogP) is -0.808. The van der Waals surface area contributed by atoms with Gasteiger partial charge in [0.1, 0.15) is 42.8 Å². The highest BCUT2D eigenvalue weighted by molar-refractivity contribution is 7.47. The lowest BCUT2D eigenvalue weighted by Gasteiger charge is -2.42. The van der Waals surface area contributed by atoms with Crippen molar-refractivity contribution in [1.29, 1.82) is 0 Å². The summed E-state index contributed by atoms with van der Waals surface area (Å²) < 4.78 is 46.0. The summed E-state index contributed by atoms with van der Waals surface area (Å²) >= 11 is 0. The van der Waals surface area contributed by atoms with Gasteiger partial charge in [-0.25, -0.2) is 9.36 Å². The van der Waals surface area contributed by atoms with Crippen molar-refractivity contribution in [2.45, 2.75) is 101 Å². The lowest BCUT2D eigenvalue weighted by Crippen LogP contribution is -2.64. The summed E-state index contributed by atoms with van der Waals surface area (Å²) in [4.78, 5) is 60.3. The van der Waals surface area contributed by atoms with Crippen molar-refractivity contribution in [3.8, 4) is 0 Å². The summed E-state index contributed by atoms with van der Waals surface area (Å²) in [6.07, 6.45) is 1.00. The van der Waals surface area contributed by atoms with Crippen molar-refractivity contribution in [1.82, 2.24) is 20.2 Å². The molecule has 0 saturated carbocycles. The van der Waals surface area contributed by atoms with E-state index >= 15 is 0 Å². The first-order chi connectivity index (χ1) is 24.3. The Morgan fingerprint density at radius 1 is 1.08 bits per heavy atom. The molecule has 1 aromatic heterocycles. The number of rotatable bonds is 21. The molecule has 10 atom stereocenters. The van der Waals surface area contributed by atoms with Gasteiger partial charge in [0.15, 0.2) is 6.29 Å². The number of unbranched alkanes of at least 4 members (excludes halogenated alkanes) is 3. The van der Waals surface area contributed by atoms with Crippen LogP contribution in [0.4, 0.5) is 0 Å². The molecule has 290 valence electrons. The maximum Gasteiger partial charge on any atom is 0.472 e. The molecule has 0 bridgehead atoms. The summed E-state index contributed by atoms with van der Waals surface area (Å²) in [6, 6.07) is 0.144. The van der Waals surface area contributed by atoms with Crippen LogP contribution in [-0.4, -0.2) is 125 Å². The number of carbonyl (C=O) groups is 2. The molecule has 2 aliphatic heterocycles. The van der Waals surface area contributed by atoms with Crippen molar-refractivity contribution in [2.24, 2.45) is 5.92 Å². The predicted molar refractivity (Wildman–Crippen MR) is 178 cm³/mol. The van der Waals surface area contributed by atoms with E-state index in [-0.39, 0.29) is 32.0 Å². The largest absolute Gasteiger partial charge is 0.472 e. The Morgan fingerprint density at radius 2 is 1.84 bits per heavy atom. The molecule has 3 heterocycles. The number of phosphoric ester groups is 1. The number of nitrogens with zero attached hydrogens (tertiary/aromatic N) is 1. The van der Waals surface area contributed by atoms with Crippen molar-refractivity contribution in [3.05, 3.63) is 45.3 Å². The van der Waals surface area contributed by atoms with Crippen LogP contribution in [0.2, 0.25) is 0 Å². The molecule has 51 heavy (non-hydrogen) atoms. The van der Waals surface area contributed by atoms with E-state index in [1.54, 1.807) is 0 Å². The molecule has 3 rings (SSSR count). The highest BCUT2D eigenvalue weighted by Gasteiger charge is 2.49. The molecule has 2 amide bonds. The number of aromatic nitrogens is 2. The molecular weight excluding hydrogens is 699 g/mol. The van der Waals surface area contributed by atoms with Gasteiger partial charge in [0.25, 0.3) is 5.56 Å². The van der Waals surface area contributed by atoms with E-state index < -0.39 is 86.6 Å². The first-order valence-electron chi connectivity index (χ1n) is 16.8. The number of H-pyrrole nitrogens is 1. The van der Waals surface area contributed by atoms with Crippen LogP contribution < -0.4 is 21.9 Å². The van der Waals surface area contributed by atoms with Gasteiger partial charge in [0.2, 0.25) is 11.8 Å². The number of amides is 2. The molecule has 0 spiro atoms. The fourth-order valence-corrected chi connectivity index (χ4v) is 6.55. The van der Waals surface area contributed by atoms with Gasteiger partial charge in [-0.1, -0.05) is 12.2 Å². The number of carbonyl (C=O) groups excluding carboxylic acids is 2. The van der Waals surface area contributed by atoms with E-state index in [0.29, 0.717) is 32.2 Å². The first kappa shape index (κ1) is 42.6. The molecule has 1 aromatic rings. The number of allylic oxidation sites excluding steroid dienone is 2. The number of hydrogen-bond donors (Lipinski definition) is 7. The zero-order valence-corrected chi connectivity index (χ0v) is 29.9. The highest BCUT2D eigenvalue weighted by atomic mass is 31.2. The number of ether oxygens (including phenoxy) is 4. The normalized spacial score (nSPS) is 29.2. The average molecular weight is 751 g/mol. The molecule has 2 unspecified atom stereocenters. The third-order valence-corrected chi connectivity index (χ3v) is 9.41. The minimum atomic E-state index is -4.44. The SMILES string of the molecule is COC[C@H]1O[C@@H](n2ccc(=O)[nH]c2=O)C(C/C=C/CCCCNC(=O)CCCCO[C@@H]2O[C@H](CO)[C@H](O)[C@H](O)[C@H]2NC(C)=O)[C@H]1OP(=O)(O)OC. The number of aliphatic hydroxyl groups is 3. The van der Waals surface area contributed by atoms with E-state index in [1.165, 1.54) is 30.9 Å². The molecule has 2 fully saturated rings. The second-order valence-electron chi connectivity index (χ2n) is 12.2. The van der Waals surface area contributed by atoms with E-state index in [2.05, 4.69) is 20.1 Å². The molecule has 2 aliphatic rings. The van der Waals surface area contributed by atoms with Crippen molar-refractivity contribution < 1.29 is 62.4 Å². The summed E-state index contributed by atoms with van der Waals surface area (Å²) in [7, 11) is -1.98. The van der Waals surface area contributed by atoms with Crippen molar-refractivity contribution in [2.75, 3.05) is 40.6 Å². The van der Waals surface area contributed by atoms with Gasteiger partial charge in [-0.3, -0.25) is 33.0 Å². The van der Waals surface area contributed by atoms with Gasteiger partial charge in [-0.15, -0.1) is 0 Å². The molecule has 0 radical (unpaired) electrons. The Kier molecular flexibility index (Phi) is 17.6. The van der Waals surface area contributed by atoms with Gasteiger partial charge in [-0.2, -0.15) is 0 Å². The lowest BCUT2D eigenvalue weighted by molar-refractivity contribution is -0.270. The van der Waals surface area contributed by atoms with Gasteiger partial charge in [0, 0.05) is 58.9 Å². The van der Waals surface area contributed by atoms with Crippen LogP contribution in [0.15, 0.2) is 34.0 Å². The standard InChI is InChI=1S/C31H51N4O15P/c1-19(37)33-25-27(41)26(40)21(17-36)49-30(25)47-16-10-8-12-23(38)32-14-9-6-4-5-7-11-20-28(50-51(43,44)46-3)22(18-45-2)48-29(20)35-15-13-24(39)34-31(35)42/h5,7,13,15,20-22,25-30,36,40-41H,4,6,8-12,14,16-18H2,1-3H3,(H,32,38)(H,33,37)(H,43,44)(H,34,39,42)/b7-5+/t20?,21-,22-,25-,26+,27-,28-,29-,30-/m1/s1. The molecular formula is C31H51N4O15P. The van der Waals surface area contributed by atoms with Crippen LogP contribution in [0.3, 0.4) is 0 Å². The number of phosphoric acid groups is 1. The minimum Gasteiger partial charge on any atom is -0.394 e. The van der Waals surface area contributed by atoms with E-state index in [0.717, 1.165) is 13.5 Å². The maximum absolute atomic E-state index is 12.6. The Morgan fingerprint density at radius 3 is 2.51 bits per heavy atom. The smallest absolute Gasteiger partial charge is 0.394 e. The first-order valence-corrected chi connectivity index (χ1v) is 18.3. The zero-order chi connectivity index (χ0) is 37.6. The minimum absolute atomic E-state index is 0.00106. The van der Waals surface area contributed by atoms with Crippen LogP contribution in [-0.2, 0) is 42.1 Å². The Balaban J connectivity index is 1.40.